The largest absolute Gasteiger partial charge is 0.392 e. The predicted molar refractivity (Wildman–Crippen MR) is 70.0 cm³/mol. The van der Waals surface area contributed by atoms with E-state index in [9.17, 15) is 9.90 Å². The van der Waals surface area contributed by atoms with Crippen LogP contribution < -0.4 is 5.73 Å². The molecule has 0 aliphatic carbocycles. The first-order valence-corrected chi connectivity index (χ1v) is 6.35. The molecule has 0 aromatic heterocycles. The van der Waals surface area contributed by atoms with E-state index in [1.54, 1.807) is 6.07 Å². The highest BCUT2D eigenvalue weighted by molar-refractivity contribution is 5.92. The van der Waals surface area contributed by atoms with Crippen LogP contribution in [0.3, 0.4) is 0 Å². The summed E-state index contributed by atoms with van der Waals surface area (Å²) in [6.07, 6.45) is 0.759. The second-order valence-corrected chi connectivity index (χ2v) is 5.13. The zero-order chi connectivity index (χ0) is 13.1. The minimum atomic E-state index is -0.399. The standard InChI is InChI=1S/C14H20N2O2/c1-10-5-6-16(9-13(10)17)8-11-3-2-4-12(7-11)14(15)18/h2-4,7,10,13,17H,5-6,8-9H2,1H3,(H2,15,18). The molecule has 0 spiro atoms. The van der Waals surface area contributed by atoms with Crippen molar-refractivity contribution in [3.63, 3.8) is 0 Å². The number of carbonyl (C=O) groups is 1. The zero-order valence-corrected chi connectivity index (χ0v) is 10.7. The minimum absolute atomic E-state index is 0.252. The zero-order valence-electron chi connectivity index (χ0n) is 10.7. The van der Waals surface area contributed by atoms with Crippen molar-refractivity contribution in [2.24, 2.45) is 11.7 Å². The van der Waals surface area contributed by atoms with Crippen LogP contribution in [0.2, 0.25) is 0 Å². The Morgan fingerprint density at radius 1 is 1.56 bits per heavy atom. The maximum Gasteiger partial charge on any atom is 0.248 e. The number of aliphatic hydroxyl groups is 1. The Kier molecular flexibility index (Phi) is 3.99. The fraction of sp³-hybridized carbons (Fsp3) is 0.500. The number of aliphatic hydroxyl groups excluding tert-OH is 1. The summed E-state index contributed by atoms with van der Waals surface area (Å²) in [7, 11) is 0. The van der Waals surface area contributed by atoms with Crippen molar-refractivity contribution in [3.05, 3.63) is 35.4 Å². The van der Waals surface area contributed by atoms with E-state index in [-0.39, 0.29) is 6.10 Å². The van der Waals surface area contributed by atoms with E-state index in [1.807, 2.05) is 18.2 Å². The molecule has 4 heteroatoms. The van der Waals surface area contributed by atoms with Crippen LogP contribution in [-0.2, 0) is 6.54 Å². The van der Waals surface area contributed by atoms with Crippen molar-refractivity contribution < 1.29 is 9.90 Å². The molecule has 1 aromatic carbocycles. The van der Waals surface area contributed by atoms with E-state index < -0.39 is 5.91 Å². The number of nitrogens with zero attached hydrogens (tertiary/aromatic N) is 1. The Bertz CT molecular complexity index is 434. The average molecular weight is 248 g/mol. The van der Waals surface area contributed by atoms with E-state index in [2.05, 4.69) is 11.8 Å². The number of β-amino-alcohol motifs (C(OH)–C–C–N with tert-alkyl or cyclic N) is 1. The molecule has 1 aromatic rings. The number of hydrogen-bond acceptors (Lipinski definition) is 3. The molecule has 2 atom stereocenters. The van der Waals surface area contributed by atoms with Crippen LogP contribution in [-0.4, -0.2) is 35.1 Å². The summed E-state index contributed by atoms with van der Waals surface area (Å²) in [5.74, 6) is -0.0256. The summed E-state index contributed by atoms with van der Waals surface area (Å²) in [6, 6.07) is 7.38. The number of carbonyl (C=O) groups excluding carboxylic acids is 1. The number of nitrogens with two attached hydrogens (primary N) is 1. The van der Waals surface area contributed by atoms with Crippen LogP contribution in [0.1, 0.15) is 29.3 Å². The minimum Gasteiger partial charge on any atom is -0.392 e. The molecule has 1 amide bonds. The lowest BCUT2D eigenvalue weighted by Gasteiger charge is -2.34. The third-order valence-corrected chi connectivity index (χ3v) is 3.62. The maximum absolute atomic E-state index is 11.1. The van der Waals surface area contributed by atoms with Gasteiger partial charge in [0.05, 0.1) is 6.10 Å². The predicted octanol–water partition coefficient (Wildman–Crippen LogP) is 0.988. The van der Waals surface area contributed by atoms with Gasteiger partial charge in [-0.05, 0) is 36.6 Å². The third-order valence-electron chi connectivity index (χ3n) is 3.62. The molecular weight excluding hydrogens is 228 g/mol. The molecule has 1 aliphatic heterocycles. The van der Waals surface area contributed by atoms with Gasteiger partial charge in [-0.15, -0.1) is 0 Å². The molecule has 2 unspecified atom stereocenters. The Labute approximate surface area is 107 Å². The summed E-state index contributed by atoms with van der Waals surface area (Å²) in [5.41, 5.74) is 6.87. The lowest BCUT2D eigenvalue weighted by molar-refractivity contribution is 0.0259. The van der Waals surface area contributed by atoms with Crippen molar-refractivity contribution in [1.29, 1.82) is 0 Å². The van der Waals surface area contributed by atoms with Crippen molar-refractivity contribution in [2.45, 2.75) is 26.0 Å². The molecule has 0 saturated carbocycles. The third kappa shape index (κ3) is 3.09. The summed E-state index contributed by atoms with van der Waals surface area (Å²) >= 11 is 0. The summed E-state index contributed by atoms with van der Waals surface area (Å²) < 4.78 is 0. The average Bonchev–Trinajstić information content (AvgIpc) is 2.34. The van der Waals surface area contributed by atoms with Gasteiger partial charge in [-0.3, -0.25) is 9.69 Å². The van der Waals surface area contributed by atoms with E-state index >= 15 is 0 Å². The molecule has 1 heterocycles. The fourth-order valence-electron chi connectivity index (χ4n) is 2.34. The Balaban J connectivity index is 2.01. The van der Waals surface area contributed by atoms with Crippen molar-refractivity contribution in [3.8, 4) is 0 Å². The smallest absolute Gasteiger partial charge is 0.248 e. The van der Waals surface area contributed by atoms with Gasteiger partial charge in [-0.2, -0.15) is 0 Å². The highest BCUT2D eigenvalue weighted by Crippen LogP contribution is 2.19. The molecule has 1 aliphatic rings. The topological polar surface area (TPSA) is 66.6 Å². The summed E-state index contributed by atoms with van der Waals surface area (Å²) in [6.45, 7) is 4.52. The van der Waals surface area contributed by atoms with Gasteiger partial charge in [0.25, 0.3) is 0 Å². The second kappa shape index (κ2) is 5.50. The molecule has 0 radical (unpaired) electrons. The highest BCUT2D eigenvalue weighted by Gasteiger charge is 2.24. The van der Waals surface area contributed by atoms with Gasteiger partial charge in [0.2, 0.25) is 5.91 Å². The summed E-state index contributed by atoms with van der Waals surface area (Å²) in [4.78, 5) is 13.3. The van der Waals surface area contributed by atoms with Gasteiger partial charge < -0.3 is 10.8 Å². The molecule has 18 heavy (non-hydrogen) atoms. The van der Waals surface area contributed by atoms with Gasteiger partial charge in [0.1, 0.15) is 0 Å². The number of hydrogen-bond donors (Lipinski definition) is 2. The van der Waals surface area contributed by atoms with Crippen LogP contribution in [0.5, 0.6) is 0 Å². The Morgan fingerprint density at radius 2 is 2.33 bits per heavy atom. The first-order chi connectivity index (χ1) is 8.56. The number of piperidine rings is 1. The van der Waals surface area contributed by atoms with E-state index in [0.717, 1.165) is 25.1 Å². The lowest BCUT2D eigenvalue weighted by Crippen LogP contribution is -2.42. The second-order valence-electron chi connectivity index (χ2n) is 5.13. The number of likely N-dealkylation sites (tertiary alicyclic amines) is 1. The van der Waals surface area contributed by atoms with Crippen LogP contribution in [0.25, 0.3) is 0 Å². The highest BCUT2D eigenvalue weighted by atomic mass is 16.3. The van der Waals surface area contributed by atoms with Crippen LogP contribution in [0.15, 0.2) is 24.3 Å². The molecule has 1 fully saturated rings. The molecule has 0 bridgehead atoms. The van der Waals surface area contributed by atoms with Crippen molar-refractivity contribution in [2.75, 3.05) is 13.1 Å². The van der Waals surface area contributed by atoms with Gasteiger partial charge >= 0.3 is 0 Å². The van der Waals surface area contributed by atoms with Crippen LogP contribution >= 0.6 is 0 Å². The number of amides is 1. The van der Waals surface area contributed by atoms with Crippen LogP contribution in [0.4, 0.5) is 0 Å². The SMILES string of the molecule is CC1CCN(Cc2cccc(C(N)=O)c2)CC1O. The molecule has 1 saturated heterocycles. The first-order valence-electron chi connectivity index (χ1n) is 6.35. The van der Waals surface area contributed by atoms with Crippen LogP contribution in [0, 0.1) is 5.92 Å². The van der Waals surface area contributed by atoms with Gasteiger partial charge in [-0.25, -0.2) is 0 Å². The van der Waals surface area contributed by atoms with E-state index in [0.29, 0.717) is 18.0 Å². The van der Waals surface area contributed by atoms with Crippen molar-refractivity contribution >= 4 is 5.91 Å². The quantitative estimate of drug-likeness (QED) is 0.838. The molecule has 98 valence electrons. The van der Waals surface area contributed by atoms with Gasteiger partial charge in [0, 0.05) is 18.7 Å². The maximum atomic E-state index is 11.1. The molecule has 2 rings (SSSR count). The Hall–Kier alpha value is -1.39. The number of primary amides is 1. The number of benzene rings is 1. The fourth-order valence-corrected chi connectivity index (χ4v) is 2.34. The first kappa shape index (κ1) is 13.1. The van der Waals surface area contributed by atoms with E-state index in [1.165, 1.54) is 0 Å². The number of rotatable bonds is 3. The van der Waals surface area contributed by atoms with Gasteiger partial charge in [-0.1, -0.05) is 19.1 Å². The molecule has 4 nitrogen and oxygen atoms in total. The van der Waals surface area contributed by atoms with Gasteiger partial charge in [0.15, 0.2) is 0 Å². The molecule has 3 N–H and O–H groups in total. The molecular formula is C14H20N2O2. The van der Waals surface area contributed by atoms with Crippen molar-refractivity contribution in [1.82, 2.24) is 4.90 Å². The summed E-state index contributed by atoms with van der Waals surface area (Å²) in [5, 5.41) is 9.85. The Morgan fingerprint density at radius 3 is 3.00 bits per heavy atom. The van der Waals surface area contributed by atoms with E-state index in [4.69, 9.17) is 5.73 Å². The normalized spacial score (nSPS) is 25.0. The monoisotopic (exact) mass is 248 g/mol. The lowest BCUT2D eigenvalue weighted by atomic mass is 9.95.